The van der Waals surface area contributed by atoms with E-state index in [1.54, 1.807) is 0 Å². The summed E-state index contributed by atoms with van der Waals surface area (Å²) in [5.41, 5.74) is 0.636. The molecule has 5 aromatic rings. The van der Waals surface area contributed by atoms with Gasteiger partial charge in [0.15, 0.2) is 7.26 Å². The van der Waals surface area contributed by atoms with Gasteiger partial charge in [0.25, 0.3) is 5.56 Å². The second kappa shape index (κ2) is 12.3. The zero-order valence-corrected chi connectivity index (χ0v) is 23.7. The van der Waals surface area contributed by atoms with Crippen LogP contribution < -0.4 is 50.8 Å². The quantitative estimate of drug-likeness (QED) is 0.129. The lowest BCUT2D eigenvalue weighted by Crippen LogP contribution is -3.00. The summed E-state index contributed by atoms with van der Waals surface area (Å²) < 4.78 is 0. The summed E-state index contributed by atoms with van der Waals surface area (Å²) >= 11 is 1.32. The molecule has 1 heterocycles. The Balaban J connectivity index is 0.00000320. The van der Waals surface area contributed by atoms with Crippen LogP contribution in [-0.2, 0) is 0 Å². The fraction of sp³-hybridized carbons (Fsp3) is 0.0333. The fourth-order valence-corrected chi connectivity index (χ4v) is 9.88. The molecule has 182 valence electrons. The molecule has 5 rings (SSSR count). The molecule has 0 saturated carbocycles. The smallest absolute Gasteiger partial charge is 0.296 e. The molecule has 0 saturated heterocycles. The van der Waals surface area contributed by atoms with Crippen LogP contribution >= 0.6 is 19.0 Å². The lowest BCUT2D eigenvalue weighted by Gasteiger charge is -2.27. The predicted octanol–water partition coefficient (Wildman–Crippen LogP) is 1.68. The van der Waals surface area contributed by atoms with Crippen molar-refractivity contribution in [2.75, 3.05) is 5.75 Å². The molecule has 0 radical (unpaired) electrons. The van der Waals surface area contributed by atoms with Gasteiger partial charge in [-0.3, -0.25) is 4.79 Å². The van der Waals surface area contributed by atoms with Gasteiger partial charge >= 0.3 is 0 Å². The largest absolute Gasteiger partial charge is 1.00 e. The maximum absolute atomic E-state index is 14.2. The van der Waals surface area contributed by atoms with E-state index in [1.165, 1.54) is 11.8 Å². The highest BCUT2D eigenvalue weighted by Crippen LogP contribution is 2.54. The van der Waals surface area contributed by atoms with Crippen LogP contribution in [0.1, 0.15) is 0 Å². The number of hydrogen-bond donors (Lipinski definition) is 1. The maximum atomic E-state index is 14.2. The number of rotatable bonds is 7. The van der Waals surface area contributed by atoms with Gasteiger partial charge in [0.2, 0.25) is 5.30 Å². The average Bonchev–Trinajstić information content (AvgIpc) is 2.95. The summed E-state index contributed by atoms with van der Waals surface area (Å²) in [6, 6.07) is 42.4. The number of aromatic amines is 1. The number of halogens is 1. The standard InChI is InChI=1S/C30H22N3OPS.HI/c31-21-22-36-30-27(29(34)32-28(33-30)23-13-5-1-6-14-23)35(24-15-7-2-8-16-24,25-17-9-3-10-18-25)26-19-11-4-12-20-26;/h1-20H,22H2;1H. The van der Waals surface area contributed by atoms with Gasteiger partial charge in [-0.15, -0.1) is 0 Å². The molecular formula is C30H23IN3OPS. The molecule has 7 heteroatoms. The molecule has 4 nitrogen and oxygen atoms in total. The van der Waals surface area contributed by atoms with E-state index in [9.17, 15) is 10.1 Å². The zero-order valence-electron chi connectivity index (χ0n) is 19.8. The number of hydrogen-bond acceptors (Lipinski definition) is 4. The third-order valence-electron chi connectivity index (χ3n) is 5.95. The first-order chi connectivity index (χ1) is 17.7. The monoisotopic (exact) mass is 631 g/mol. The van der Waals surface area contributed by atoms with Crippen LogP contribution in [0.4, 0.5) is 0 Å². The van der Waals surface area contributed by atoms with Crippen molar-refractivity contribution in [3.8, 4) is 17.5 Å². The molecule has 1 N–H and O–H groups in total. The third-order valence-corrected chi connectivity index (χ3v) is 11.2. The first-order valence-electron chi connectivity index (χ1n) is 11.5. The van der Waals surface area contributed by atoms with Gasteiger partial charge in [0.1, 0.15) is 26.8 Å². The highest BCUT2D eigenvalue weighted by atomic mass is 127. The van der Waals surface area contributed by atoms with Crippen LogP contribution in [0.25, 0.3) is 11.4 Å². The van der Waals surface area contributed by atoms with E-state index >= 15 is 0 Å². The number of thioether (sulfide) groups is 1. The molecule has 0 aliphatic rings. The first kappa shape index (κ1) is 26.8. The van der Waals surface area contributed by atoms with E-state index in [1.807, 2.05) is 84.9 Å². The Kier molecular flexibility index (Phi) is 8.94. The second-order valence-corrected chi connectivity index (χ2v) is 12.4. The van der Waals surface area contributed by atoms with Crippen molar-refractivity contribution >= 4 is 40.2 Å². The van der Waals surface area contributed by atoms with Crippen molar-refractivity contribution < 1.29 is 24.0 Å². The van der Waals surface area contributed by atoms with Crippen LogP contribution in [-0.4, -0.2) is 15.7 Å². The van der Waals surface area contributed by atoms with Crippen LogP contribution in [0.3, 0.4) is 0 Å². The Morgan fingerprint density at radius 1 is 0.730 bits per heavy atom. The lowest BCUT2D eigenvalue weighted by molar-refractivity contribution is -0.00000729. The van der Waals surface area contributed by atoms with Crippen LogP contribution in [0, 0.1) is 11.3 Å². The summed E-state index contributed by atoms with van der Waals surface area (Å²) in [5, 5.41) is 13.8. The van der Waals surface area contributed by atoms with E-state index in [4.69, 9.17) is 4.98 Å². The van der Waals surface area contributed by atoms with E-state index in [2.05, 4.69) is 47.5 Å². The molecule has 1 aromatic heterocycles. The van der Waals surface area contributed by atoms with Gasteiger partial charge in [-0.05, 0) is 36.4 Å². The Hall–Kier alpha value is -3.24. The van der Waals surface area contributed by atoms with Crippen LogP contribution in [0.2, 0.25) is 0 Å². The molecule has 0 amide bonds. The fourth-order valence-electron chi connectivity index (χ4n) is 4.47. The number of aromatic nitrogens is 2. The molecule has 0 spiro atoms. The molecule has 0 bridgehead atoms. The number of nitrogens with one attached hydrogen (secondary N) is 1. The minimum absolute atomic E-state index is 0. The summed E-state index contributed by atoms with van der Waals surface area (Å²) in [4.78, 5) is 22.3. The Bertz CT molecular complexity index is 1460. The third kappa shape index (κ3) is 5.26. The van der Waals surface area contributed by atoms with Gasteiger partial charge in [0, 0.05) is 5.56 Å². The summed E-state index contributed by atoms with van der Waals surface area (Å²) in [6.45, 7) is 0. The Labute approximate surface area is 238 Å². The van der Waals surface area contributed by atoms with Crippen LogP contribution in [0.5, 0.6) is 0 Å². The molecule has 0 fully saturated rings. The molecular weight excluding hydrogens is 608 g/mol. The molecule has 4 aromatic carbocycles. The van der Waals surface area contributed by atoms with Crippen molar-refractivity contribution in [1.82, 2.24) is 9.97 Å². The van der Waals surface area contributed by atoms with Crippen molar-refractivity contribution in [2.45, 2.75) is 5.03 Å². The first-order valence-corrected chi connectivity index (χ1v) is 14.3. The lowest BCUT2D eigenvalue weighted by atomic mass is 10.2. The normalized spacial score (nSPS) is 10.8. The molecule has 37 heavy (non-hydrogen) atoms. The predicted molar refractivity (Wildman–Crippen MR) is 151 cm³/mol. The van der Waals surface area contributed by atoms with E-state index in [0.717, 1.165) is 21.5 Å². The zero-order chi connectivity index (χ0) is 24.8. The summed E-state index contributed by atoms with van der Waals surface area (Å²) in [7, 11) is -2.67. The Morgan fingerprint density at radius 3 is 1.59 bits per heavy atom. The van der Waals surface area contributed by atoms with Gasteiger partial charge in [-0.2, -0.15) is 5.26 Å². The summed E-state index contributed by atoms with van der Waals surface area (Å²) in [5.74, 6) is 0.688. The highest BCUT2D eigenvalue weighted by Gasteiger charge is 2.52. The van der Waals surface area contributed by atoms with Crippen molar-refractivity contribution in [3.05, 3.63) is 132 Å². The Morgan fingerprint density at radius 2 is 1.16 bits per heavy atom. The number of H-pyrrole nitrogens is 1. The van der Waals surface area contributed by atoms with E-state index in [-0.39, 0.29) is 35.3 Å². The van der Waals surface area contributed by atoms with E-state index in [0.29, 0.717) is 16.2 Å². The van der Waals surface area contributed by atoms with Gasteiger partial charge in [-0.25, -0.2) is 4.98 Å². The molecule has 0 aliphatic carbocycles. The van der Waals surface area contributed by atoms with Crippen LogP contribution in [0.15, 0.2) is 131 Å². The van der Waals surface area contributed by atoms with Gasteiger partial charge in [0.05, 0.1) is 11.8 Å². The van der Waals surface area contributed by atoms with Gasteiger partial charge < -0.3 is 29.0 Å². The SMILES string of the molecule is N#CCSc1nc(-c2ccccc2)[nH]c(=O)c1[P+](c1ccccc1)(c1ccccc1)c1ccccc1.[I-]. The summed E-state index contributed by atoms with van der Waals surface area (Å²) in [6.07, 6.45) is 0. The van der Waals surface area contributed by atoms with Crippen molar-refractivity contribution in [3.63, 3.8) is 0 Å². The van der Waals surface area contributed by atoms with E-state index < -0.39 is 7.26 Å². The maximum Gasteiger partial charge on any atom is 0.296 e. The van der Waals surface area contributed by atoms with Gasteiger partial charge in [-0.1, -0.05) is 96.7 Å². The van der Waals surface area contributed by atoms with Crippen molar-refractivity contribution in [1.29, 1.82) is 5.26 Å². The highest BCUT2D eigenvalue weighted by molar-refractivity contribution is 8.04. The number of benzene rings is 4. The minimum atomic E-state index is -2.67. The molecule has 0 unspecified atom stereocenters. The average molecular weight is 631 g/mol. The molecule has 0 atom stereocenters. The second-order valence-electron chi connectivity index (χ2n) is 8.06. The molecule has 0 aliphatic heterocycles. The van der Waals surface area contributed by atoms with Crippen molar-refractivity contribution in [2.24, 2.45) is 0 Å². The number of nitriles is 1. The number of nitrogens with zero attached hydrogens (tertiary/aromatic N) is 2. The topological polar surface area (TPSA) is 69.5 Å². The minimum Gasteiger partial charge on any atom is -1.00 e.